The van der Waals surface area contributed by atoms with Crippen molar-refractivity contribution >= 4 is 28.2 Å². The summed E-state index contributed by atoms with van der Waals surface area (Å²) in [6.07, 6.45) is 7.11. The third-order valence-corrected chi connectivity index (χ3v) is 4.34. The van der Waals surface area contributed by atoms with E-state index in [1.54, 1.807) is 16.9 Å². The van der Waals surface area contributed by atoms with Crippen LogP contribution in [0.15, 0.2) is 72.6 Å². The van der Waals surface area contributed by atoms with Crippen molar-refractivity contribution < 1.29 is 4.79 Å². The Morgan fingerprint density at radius 3 is 2.85 bits per heavy atom. The number of carbonyl (C=O) groups is 1. The lowest BCUT2D eigenvalue weighted by Gasteiger charge is -2.13. The largest absolute Gasteiger partial charge is 0.405 e. The van der Waals surface area contributed by atoms with E-state index in [9.17, 15) is 4.79 Å². The first kappa shape index (κ1) is 18.3. The smallest absolute Gasteiger partial charge is 0.257 e. The number of nitrogens with zero attached hydrogens (tertiary/aromatic N) is 2. The van der Waals surface area contributed by atoms with Crippen molar-refractivity contribution in [3.05, 3.63) is 78.1 Å². The lowest BCUT2D eigenvalue weighted by molar-refractivity contribution is 0.102. The van der Waals surface area contributed by atoms with Crippen molar-refractivity contribution in [3.8, 4) is 0 Å². The normalized spacial score (nSPS) is 11.9. The maximum Gasteiger partial charge on any atom is 0.257 e. The highest BCUT2D eigenvalue weighted by Crippen LogP contribution is 2.21. The molecule has 3 aromatic rings. The van der Waals surface area contributed by atoms with E-state index in [1.807, 2.05) is 62.5 Å². The maximum absolute atomic E-state index is 12.8. The predicted molar refractivity (Wildman–Crippen MR) is 111 cm³/mol. The van der Waals surface area contributed by atoms with E-state index in [2.05, 4.69) is 15.7 Å². The first-order chi connectivity index (χ1) is 13.1. The highest BCUT2D eigenvalue weighted by atomic mass is 16.1. The zero-order valence-corrected chi connectivity index (χ0v) is 15.4. The Morgan fingerprint density at radius 1 is 1.26 bits per heavy atom. The summed E-state index contributed by atoms with van der Waals surface area (Å²) in [6, 6.07) is 13.2. The van der Waals surface area contributed by atoms with E-state index in [-0.39, 0.29) is 5.91 Å². The Hall–Kier alpha value is -3.54. The minimum atomic E-state index is -0.170. The number of nitrogens with two attached hydrogens (primary N) is 1. The molecule has 0 aliphatic carbocycles. The van der Waals surface area contributed by atoms with Gasteiger partial charge in [-0.1, -0.05) is 18.2 Å². The number of aryl methyl sites for hydroxylation is 1. The molecule has 4 N–H and O–H groups in total. The van der Waals surface area contributed by atoms with Crippen molar-refractivity contribution in [1.29, 1.82) is 0 Å². The third kappa shape index (κ3) is 4.17. The van der Waals surface area contributed by atoms with E-state index in [0.29, 0.717) is 12.1 Å². The highest BCUT2D eigenvalue weighted by Gasteiger charge is 2.12. The number of anilines is 2. The summed E-state index contributed by atoms with van der Waals surface area (Å²) in [5, 5.41) is 11.5. The average molecular weight is 361 g/mol. The van der Waals surface area contributed by atoms with Gasteiger partial charge in [0.15, 0.2) is 0 Å². The second-order valence-electron chi connectivity index (χ2n) is 6.12. The SMILES string of the molecule is C/C=C(\C=C/N)CNc1ccccc1C(=O)Nc1ccc2cnn(C)c2c1. The second-order valence-corrected chi connectivity index (χ2v) is 6.12. The minimum absolute atomic E-state index is 0.170. The molecule has 0 bridgehead atoms. The topological polar surface area (TPSA) is 85.0 Å². The molecule has 6 nitrogen and oxygen atoms in total. The zero-order valence-electron chi connectivity index (χ0n) is 15.4. The fourth-order valence-electron chi connectivity index (χ4n) is 2.83. The van der Waals surface area contributed by atoms with Crippen LogP contribution in [0.25, 0.3) is 10.9 Å². The molecule has 0 fully saturated rings. The molecule has 0 aliphatic heterocycles. The second kappa shape index (κ2) is 8.23. The maximum atomic E-state index is 12.8. The van der Waals surface area contributed by atoms with Gasteiger partial charge in [-0.3, -0.25) is 9.48 Å². The van der Waals surface area contributed by atoms with Gasteiger partial charge in [-0.15, -0.1) is 0 Å². The highest BCUT2D eigenvalue weighted by molar-refractivity contribution is 6.08. The third-order valence-electron chi connectivity index (χ3n) is 4.34. The van der Waals surface area contributed by atoms with Crippen LogP contribution in [0, 0.1) is 0 Å². The zero-order chi connectivity index (χ0) is 19.2. The predicted octanol–water partition coefficient (Wildman–Crippen LogP) is 3.66. The molecule has 0 radical (unpaired) electrons. The van der Waals surface area contributed by atoms with Crippen molar-refractivity contribution in [2.75, 3.05) is 17.2 Å². The van der Waals surface area contributed by atoms with E-state index in [0.717, 1.165) is 27.9 Å². The molecular weight excluding hydrogens is 338 g/mol. The van der Waals surface area contributed by atoms with Crippen molar-refractivity contribution in [1.82, 2.24) is 9.78 Å². The summed E-state index contributed by atoms with van der Waals surface area (Å²) in [7, 11) is 1.88. The Kier molecular flexibility index (Phi) is 5.56. The molecule has 138 valence electrons. The average Bonchev–Trinajstić information content (AvgIpc) is 3.05. The van der Waals surface area contributed by atoms with Crippen LogP contribution in [-0.2, 0) is 7.05 Å². The van der Waals surface area contributed by atoms with Gasteiger partial charge in [-0.25, -0.2) is 0 Å². The molecule has 0 aliphatic rings. The molecule has 1 heterocycles. The molecule has 1 amide bonds. The van der Waals surface area contributed by atoms with Gasteiger partial charge >= 0.3 is 0 Å². The van der Waals surface area contributed by atoms with Crippen molar-refractivity contribution in [2.45, 2.75) is 6.92 Å². The number of aromatic nitrogens is 2. The van der Waals surface area contributed by atoms with Crippen LogP contribution in [0.5, 0.6) is 0 Å². The number of rotatable bonds is 6. The summed E-state index contributed by atoms with van der Waals surface area (Å²) in [5.41, 5.74) is 9.53. The lowest BCUT2D eigenvalue weighted by atomic mass is 10.1. The Morgan fingerprint density at radius 2 is 2.07 bits per heavy atom. The Bertz CT molecular complexity index is 1020. The van der Waals surface area contributed by atoms with Gasteiger partial charge in [-0.2, -0.15) is 5.10 Å². The molecule has 6 heteroatoms. The van der Waals surface area contributed by atoms with Crippen molar-refractivity contribution in [3.63, 3.8) is 0 Å². The fraction of sp³-hybridized carbons (Fsp3) is 0.143. The number of amides is 1. The van der Waals surface area contributed by atoms with E-state index < -0.39 is 0 Å². The van der Waals surface area contributed by atoms with Gasteiger partial charge < -0.3 is 16.4 Å². The molecule has 0 unspecified atom stereocenters. The number of para-hydroxylation sites is 1. The van der Waals surface area contributed by atoms with E-state index in [1.165, 1.54) is 6.20 Å². The number of fused-ring (bicyclic) bond motifs is 1. The summed E-state index contributed by atoms with van der Waals surface area (Å²) in [5.74, 6) is -0.170. The van der Waals surface area contributed by atoms with Crippen LogP contribution in [0.4, 0.5) is 11.4 Å². The van der Waals surface area contributed by atoms with Crippen LogP contribution in [0.1, 0.15) is 17.3 Å². The van der Waals surface area contributed by atoms with Crippen LogP contribution < -0.4 is 16.4 Å². The first-order valence-corrected chi connectivity index (χ1v) is 8.72. The summed E-state index contributed by atoms with van der Waals surface area (Å²) in [4.78, 5) is 12.8. The van der Waals surface area contributed by atoms with Gasteiger partial charge in [0.2, 0.25) is 0 Å². The minimum Gasteiger partial charge on any atom is -0.405 e. The first-order valence-electron chi connectivity index (χ1n) is 8.72. The quantitative estimate of drug-likeness (QED) is 0.585. The molecule has 0 saturated heterocycles. The Balaban J connectivity index is 1.78. The molecule has 0 atom stereocenters. The Labute approximate surface area is 158 Å². The fourth-order valence-corrected chi connectivity index (χ4v) is 2.83. The van der Waals surface area contributed by atoms with Gasteiger partial charge in [0.05, 0.1) is 17.3 Å². The van der Waals surface area contributed by atoms with Gasteiger partial charge in [-0.05, 0) is 55.1 Å². The lowest BCUT2D eigenvalue weighted by Crippen LogP contribution is -2.15. The number of nitrogens with one attached hydrogen (secondary N) is 2. The standard InChI is InChI=1S/C21H23N5O/c1-3-15(10-11-22)13-23-19-7-5-4-6-18(19)21(27)25-17-9-8-16-14-24-26(2)20(16)12-17/h3-12,14,23H,13,22H2,1-2H3,(H,25,27)/b11-10-,15-3+. The molecule has 2 aromatic carbocycles. The number of allylic oxidation sites excluding steroid dienone is 1. The van der Waals surface area contributed by atoms with Crippen LogP contribution in [0.3, 0.4) is 0 Å². The van der Waals surface area contributed by atoms with Crippen LogP contribution >= 0.6 is 0 Å². The van der Waals surface area contributed by atoms with Gasteiger partial charge in [0.25, 0.3) is 5.91 Å². The summed E-state index contributed by atoms with van der Waals surface area (Å²) >= 11 is 0. The van der Waals surface area contributed by atoms with Crippen LogP contribution in [-0.4, -0.2) is 22.2 Å². The monoisotopic (exact) mass is 361 g/mol. The number of hydrogen-bond acceptors (Lipinski definition) is 4. The molecule has 0 saturated carbocycles. The van der Waals surface area contributed by atoms with E-state index >= 15 is 0 Å². The van der Waals surface area contributed by atoms with Gasteiger partial charge in [0, 0.05) is 30.4 Å². The molecule has 27 heavy (non-hydrogen) atoms. The van der Waals surface area contributed by atoms with Crippen molar-refractivity contribution in [2.24, 2.45) is 12.8 Å². The molecule has 3 rings (SSSR count). The molecule has 0 spiro atoms. The summed E-state index contributed by atoms with van der Waals surface area (Å²) < 4.78 is 1.78. The molecular formula is C21H23N5O. The number of carbonyl (C=O) groups excluding carboxylic acids is 1. The van der Waals surface area contributed by atoms with Gasteiger partial charge in [0.1, 0.15) is 0 Å². The van der Waals surface area contributed by atoms with E-state index in [4.69, 9.17) is 5.73 Å². The number of benzene rings is 2. The summed E-state index contributed by atoms with van der Waals surface area (Å²) in [6.45, 7) is 2.53. The van der Waals surface area contributed by atoms with Crippen LogP contribution in [0.2, 0.25) is 0 Å². The molecule has 1 aromatic heterocycles. The number of hydrogen-bond donors (Lipinski definition) is 3.